The normalized spacial score (nSPS) is 11.7. The first kappa shape index (κ1) is 23.0. The monoisotopic (exact) mass is 358 g/mol. The summed E-state index contributed by atoms with van der Waals surface area (Å²) in [7, 11) is 0. The van der Waals surface area contributed by atoms with Gasteiger partial charge >= 0.3 is 6.09 Å². The lowest BCUT2D eigenvalue weighted by molar-refractivity contribution is -0.123. The molecule has 0 radical (unpaired) electrons. The van der Waals surface area contributed by atoms with E-state index in [2.05, 4.69) is 11.9 Å². The van der Waals surface area contributed by atoms with Crippen molar-refractivity contribution >= 4 is 30.3 Å². The van der Waals surface area contributed by atoms with Gasteiger partial charge in [-0.3, -0.25) is 4.79 Å². The van der Waals surface area contributed by atoms with Crippen LogP contribution in [0, 0.1) is 0 Å². The number of carbonyl (C=O) groups excluding carboxylic acids is 2. The zero-order valence-corrected chi connectivity index (χ0v) is 16.8. The summed E-state index contributed by atoms with van der Waals surface area (Å²) in [4.78, 5) is 27.3. The van der Waals surface area contributed by atoms with Crippen LogP contribution in [-0.4, -0.2) is 34.5 Å². The van der Waals surface area contributed by atoms with Gasteiger partial charge in [0.25, 0.3) is 0 Å². The zero-order valence-electron chi connectivity index (χ0n) is 16.0. The molecule has 0 saturated heterocycles. The minimum atomic E-state index is -0.679. The minimum Gasteiger partial charge on any atom is -0.442 e. The van der Waals surface area contributed by atoms with Crippen molar-refractivity contribution in [3.05, 3.63) is 0 Å². The van der Waals surface area contributed by atoms with Crippen LogP contribution in [-0.2, 0) is 9.53 Å². The summed E-state index contributed by atoms with van der Waals surface area (Å²) in [5.41, 5.74) is -0.584. The van der Waals surface area contributed by atoms with Gasteiger partial charge in [0, 0.05) is 12.7 Å². The number of amides is 2. The van der Waals surface area contributed by atoms with Gasteiger partial charge in [-0.1, -0.05) is 51.9 Å². The summed E-state index contributed by atoms with van der Waals surface area (Å²) in [6, 6.07) is 0. The molecule has 0 aromatic carbocycles. The Hall–Kier alpha value is -1.04. The van der Waals surface area contributed by atoms with Crippen LogP contribution in [0.2, 0.25) is 0 Å². The van der Waals surface area contributed by atoms with Gasteiger partial charge in [0.2, 0.25) is 5.91 Å². The molecule has 0 bridgehead atoms. The number of rotatable bonds is 11. The summed E-state index contributed by atoms with van der Waals surface area (Å²) in [6.07, 6.45) is 12.4. The van der Waals surface area contributed by atoms with Crippen molar-refractivity contribution in [3.8, 4) is 0 Å². The molecule has 0 unspecified atom stereocenters. The molecule has 0 fully saturated rings. The van der Waals surface area contributed by atoms with Crippen molar-refractivity contribution in [3.63, 3.8) is 0 Å². The van der Waals surface area contributed by atoms with Crippen molar-refractivity contribution < 1.29 is 14.3 Å². The molecule has 6 heteroatoms. The maximum absolute atomic E-state index is 12.1. The van der Waals surface area contributed by atoms with Crippen molar-refractivity contribution in [2.75, 3.05) is 6.26 Å². The van der Waals surface area contributed by atoms with Gasteiger partial charge in [-0.15, -0.1) is 0 Å². The fourth-order valence-electron chi connectivity index (χ4n) is 2.12. The van der Waals surface area contributed by atoms with E-state index < -0.39 is 11.7 Å². The lowest BCUT2D eigenvalue weighted by atomic mass is 10.1. The molecule has 2 amide bonds. The largest absolute Gasteiger partial charge is 0.442 e. The summed E-state index contributed by atoms with van der Waals surface area (Å²) >= 11 is 1.24. The first-order valence-electron chi connectivity index (χ1n) is 8.93. The Labute approximate surface area is 151 Å². The topological polar surface area (TPSA) is 59.0 Å². The summed E-state index contributed by atoms with van der Waals surface area (Å²) < 4.78 is 6.48. The maximum atomic E-state index is 12.1. The molecule has 0 atom stereocenters. The Bertz CT molecular complexity index is 392. The molecule has 0 rings (SSSR count). The highest BCUT2D eigenvalue weighted by atomic mass is 32.2. The van der Waals surface area contributed by atoms with Crippen molar-refractivity contribution in [2.45, 2.75) is 91.1 Å². The highest BCUT2D eigenvalue weighted by Crippen LogP contribution is 2.13. The first-order valence-corrected chi connectivity index (χ1v) is 10.1. The lowest BCUT2D eigenvalue weighted by Gasteiger charge is -2.18. The van der Waals surface area contributed by atoms with Gasteiger partial charge in [0.1, 0.15) is 11.9 Å². The molecule has 0 spiro atoms. The number of aliphatic imine (C=N–C) groups is 1. The van der Waals surface area contributed by atoms with Crippen LogP contribution in [0.25, 0.3) is 0 Å². The molecule has 0 saturated carbocycles. The standard InChI is InChI=1S/C18H34N2O3S/c1-6-7-8-9-10-11-12-13-14-16(21)20(24-5)15-19-17(22)23-18(2,3)4/h15H,6-14H2,1-5H3/b19-15-. The van der Waals surface area contributed by atoms with Gasteiger partial charge in [0.15, 0.2) is 0 Å². The van der Waals surface area contributed by atoms with E-state index in [-0.39, 0.29) is 5.91 Å². The number of hydrogen-bond donors (Lipinski definition) is 0. The Morgan fingerprint density at radius 3 is 2.08 bits per heavy atom. The number of ether oxygens (including phenoxy) is 1. The molecule has 0 aromatic heterocycles. The second kappa shape index (κ2) is 13.3. The smallest absolute Gasteiger partial charge is 0.435 e. The Morgan fingerprint density at radius 1 is 1.04 bits per heavy atom. The summed E-state index contributed by atoms with van der Waals surface area (Å²) in [6.45, 7) is 7.55. The van der Waals surface area contributed by atoms with Crippen LogP contribution in [0.3, 0.4) is 0 Å². The van der Waals surface area contributed by atoms with Crippen molar-refractivity contribution in [1.82, 2.24) is 4.31 Å². The van der Waals surface area contributed by atoms with E-state index in [9.17, 15) is 9.59 Å². The van der Waals surface area contributed by atoms with Crippen LogP contribution < -0.4 is 0 Å². The van der Waals surface area contributed by atoms with Crippen LogP contribution in [0.15, 0.2) is 4.99 Å². The maximum Gasteiger partial charge on any atom is 0.435 e. The van der Waals surface area contributed by atoms with E-state index in [1.54, 1.807) is 27.0 Å². The molecule has 0 aliphatic carbocycles. The van der Waals surface area contributed by atoms with Crippen molar-refractivity contribution in [2.24, 2.45) is 4.99 Å². The number of carbonyl (C=O) groups is 2. The molecule has 0 N–H and O–H groups in total. The van der Waals surface area contributed by atoms with Crippen LogP contribution >= 0.6 is 11.9 Å². The van der Waals surface area contributed by atoms with Gasteiger partial charge in [0.05, 0.1) is 0 Å². The third-order valence-electron chi connectivity index (χ3n) is 3.35. The fourth-order valence-corrected chi connectivity index (χ4v) is 2.56. The van der Waals surface area contributed by atoms with E-state index in [1.165, 1.54) is 61.1 Å². The minimum absolute atomic E-state index is 0.0270. The first-order chi connectivity index (χ1) is 11.3. The van der Waals surface area contributed by atoms with E-state index >= 15 is 0 Å². The van der Waals surface area contributed by atoms with Gasteiger partial charge in [-0.25, -0.2) is 9.10 Å². The average molecular weight is 359 g/mol. The molecular weight excluding hydrogens is 324 g/mol. The highest BCUT2D eigenvalue weighted by Gasteiger charge is 2.16. The van der Waals surface area contributed by atoms with Gasteiger partial charge in [-0.05, 0) is 39.1 Å². The number of unbranched alkanes of at least 4 members (excludes halogenated alkanes) is 7. The molecule has 0 aromatic rings. The zero-order chi connectivity index (χ0) is 18.4. The molecule has 0 aliphatic rings. The predicted molar refractivity (Wildman–Crippen MR) is 102 cm³/mol. The third-order valence-corrected chi connectivity index (χ3v) is 4.04. The van der Waals surface area contributed by atoms with Crippen LogP contribution in [0.5, 0.6) is 0 Å². The molecular formula is C18H34N2O3S. The van der Waals surface area contributed by atoms with Crippen molar-refractivity contribution in [1.29, 1.82) is 0 Å². The molecule has 0 heterocycles. The average Bonchev–Trinajstić information content (AvgIpc) is 2.48. The second-order valence-corrected chi connectivity index (χ2v) is 7.61. The van der Waals surface area contributed by atoms with E-state index in [0.717, 1.165) is 12.8 Å². The van der Waals surface area contributed by atoms with Gasteiger partial charge < -0.3 is 4.74 Å². The molecule has 0 aliphatic heterocycles. The van der Waals surface area contributed by atoms with Crippen LogP contribution in [0.4, 0.5) is 4.79 Å². The fraction of sp³-hybridized carbons (Fsp3) is 0.833. The predicted octanol–water partition coefficient (Wildman–Crippen LogP) is 5.59. The highest BCUT2D eigenvalue weighted by molar-refractivity contribution is 7.97. The number of hydrogen-bond acceptors (Lipinski definition) is 4. The number of nitrogens with zero attached hydrogens (tertiary/aromatic N) is 2. The SMILES string of the molecule is CCCCCCCCCCC(=O)N(/C=N\C(=O)OC(C)(C)C)SC. The Kier molecular flexibility index (Phi) is 12.7. The lowest BCUT2D eigenvalue weighted by Crippen LogP contribution is -2.25. The Balaban J connectivity index is 3.98. The molecule has 24 heavy (non-hydrogen) atoms. The van der Waals surface area contributed by atoms with E-state index in [0.29, 0.717) is 6.42 Å². The van der Waals surface area contributed by atoms with Gasteiger partial charge in [-0.2, -0.15) is 4.99 Å². The third kappa shape index (κ3) is 13.4. The molecule has 5 nitrogen and oxygen atoms in total. The van der Waals surface area contributed by atoms with E-state index in [1.807, 2.05) is 0 Å². The quantitative estimate of drug-likeness (QED) is 0.209. The summed E-state index contributed by atoms with van der Waals surface area (Å²) in [5, 5.41) is 0. The van der Waals surface area contributed by atoms with E-state index in [4.69, 9.17) is 4.74 Å². The van der Waals surface area contributed by atoms with Crippen LogP contribution in [0.1, 0.15) is 85.5 Å². The summed E-state index contributed by atoms with van der Waals surface area (Å²) in [5.74, 6) is -0.0270. The molecule has 140 valence electrons. The Morgan fingerprint density at radius 2 is 1.58 bits per heavy atom. The second-order valence-electron chi connectivity index (χ2n) is 6.85.